The number of thiazole rings is 2. The number of halogens is 2. The number of ketones is 1. The molecule has 0 aliphatic heterocycles. The highest BCUT2D eigenvalue weighted by Crippen LogP contribution is 2.28. The molecule has 2 atom stereocenters. The molecule has 6 aromatic heterocycles. The van der Waals surface area contributed by atoms with Crippen molar-refractivity contribution in [3.63, 3.8) is 0 Å². The van der Waals surface area contributed by atoms with Gasteiger partial charge >= 0.3 is 18.2 Å². The van der Waals surface area contributed by atoms with E-state index >= 15 is 0 Å². The van der Waals surface area contributed by atoms with E-state index in [4.69, 9.17) is 36.8 Å². The van der Waals surface area contributed by atoms with Crippen molar-refractivity contribution < 1.29 is 42.5 Å². The Hall–Kier alpha value is -8.78. The number of hydrogen-bond acceptors (Lipinski definition) is 21. The summed E-state index contributed by atoms with van der Waals surface area (Å²) in [5.74, 6) is -0.953. The van der Waals surface area contributed by atoms with Gasteiger partial charge in [0.05, 0.1) is 52.3 Å². The zero-order valence-electron chi connectivity index (χ0n) is 47.4. The van der Waals surface area contributed by atoms with Crippen LogP contribution in [0, 0.1) is 11.6 Å². The lowest BCUT2D eigenvalue weighted by Gasteiger charge is -2.31. The van der Waals surface area contributed by atoms with E-state index in [1.807, 2.05) is 37.3 Å². The number of benzene rings is 2. The van der Waals surface area contributed by atoms with Gasteiger partial charge in [0.1, 0.15) is 62.0 Å². The van der Waals surface area contributed by atoms with Gasteiger partial charge in [-0.15, -0.1) is 0 Å². The quantitative estimate of drug-likeness (QED) is 0.0386. The number of fused-ring (bicyclic) bond motifs is 2. The number of aromatic nitrogens is 8. The van der Waals surface area contributed by atoms with Crippen LogP contribution < -0.4 is 27.8 Å². The van der Waals surface area contributed by atoms with Crippen LogP contribution in [0.15, 0.2) is 97.8 Å². The number of amides is 2. The summed E-state index contributed by atoms with van der Waals surface area (Å²) in [5.41, 5.74) is 19.6. The number of nitrogen functional groups attached to an aromatic ring is 3. The fraction of sp³-hybridized carbons (Fsp3) is 0.368. The number of nitrogens with zero attached hydrogens (tertiary/aromatic N) is 10. The summed E-state index contributed by atoms with van der Waals surface area (Å²) >= 11 is 2.72. The monoisotopic (exact) mass is 1180 g/mol. The minimum atomic E-state index is -1.00. The van der Waals surface area contributed by atoms with Gasteiger partial charge < -0.3 is 52.2 Å². The van der Waals surface area contributed by atoms with E-state index in [0.29, 0.717) is 67.2 Å². The molecule has 8 aromatic rings. The number of ether oxygens (including phenoxy) is 2. The normalized spacial score (nSPS) is 12.0. The largest absolute Gasteiger partial charge is 0.481 e. The van der Waals surface area contributed by atoms with Gasteiger partial charge in [0.25, 0.3) is 0 Å². The van der Waals surface area contributed by atoms with E-state index in [9.17, 15) is 28.0 Å². The Morgan fingerprint density at radius 1 is 0.602 bits per heavy atom. The number of rotatable bonds is 20. The average molecular weight is 1180 g/mol. The summed E-state index contributed by atoms with van der Waals surface area (Å²) < 4.78 is 39.0. The van der Waals surface area contributed by atoms with Crippen molar-refractivity contribution >= 4 is 96.0 Å². The maximum Gasteiger partial charge on any atom is 0.410 e. The molecule has 2 unspecified atom stereocenters. The topological polar surface area (TPSA) is 319 Å². The van der Waals surface area contributed by atoms with Crippen LogP contribution in [-0.4, -0.2) is 115 Å². The van der Waals surface area contributed by atoms with E-state index in [1.54, 1.807) is 71.6 Å². The van der Waals surface area contributed by atoms with Gasteiger partial charge in [-0.05, 0) is 103 Å². The number of carbonyl (C=O) groups excluding carboxylic acids is 3. The van der Waals surface area contributed by atoms with Crippen molar-refractivity contribution in [1.82, 2.24) is 49.7 Å². The van der Waals surface area contributed by atoms with Gasteiger partial charge in [0.15, 0.2) is 11.6 Å². The van der Waals surface area contributed by atoms with Crippen molar-refractivity contribution in [2.45, 2.75) is 124 Å². The lowest BCUT2D eigenvalue weighted by molar-refractivity contribution is -0.138. The third kappa shape index (κ3) is 19.7. The maximum absolute atomic E-state index is 14.0. The third-order valence-electron chi connectivity index (χ3n) is 11.9. The predicted octanol–water partition coefficient (Wildman–Crippen LogP) is 9.91. The Labute approximate surface area is 487 Å². The molecule has 9 N–H and O–H groups in total. The second-order valence-corrected chi connectivity index (χ2v) is 23.1. The number of carboxylic acids is 1. The lowest BCUT2D eigenvalue weighted by atomic mass is 10.0. The predicted molar refractivity (Wildman–Crippen MR) is 317 cm³/mol. The molecule has 0 saturated carbocycles. The minimum absolute atomic E-state index is 0.0284. The smallest absolute Gasteiger partial charge is 0.410 e. The van der Waals surface area contributed by atoms with Gasteiger partial charge in [0, 0.05) is 68.9 Å². The first-order valence-corrected chi connectivity index (χ1v) is 28.0. The first kappa shape index (κ1) is 63.4. The fourth-order valence-corrected chi connectivity index (χ4v) is 9.63. The van der Waals surface area contributed by atoms with Crippen molar-refractivity contribution in [2.24, 2.45) is 0 Å². The molecule has 0 saturated heterocycles. The van der Waals surface area contributed by atoms with Gasteiger partial charge in [-0.1, -0.05) is 53.0 Å². The van der Waals surface area contributed by atoms with Gasteiger partial charge in [-0.25, -0.2) is 48.3 Å². The fourth-order valence-electron chi connectivity index (χ4n) is 7.85. The standard InChI is InChI=1S/C29H34FN7O3S.C22H27FN6O4S.C6H8N2/c1-18(14-20(38)15-19-8-5-6-10-22(19)31)37(28(39)40-29(2,3)4)13-11-24-36-25-26(34-17-35-27(25)41-24)33-16-23-21(30)9-7-12-32-23;1-13(10-17(30)31)29(21(32)33-22(2,3)4)9-7-16-28-18-19(26-12-27-20(18)34-16)25-11-15-14(23)6-5-8-24-15;7-5-3-1-2-4-6(5)8/h5-10,12,17-18H,11,13-16,31H2,1-4H3,(H,33,34,35);5-6,8,12-13H,7,9-11H2,1-4H3,(H,30,31)(H,25,26,27);1-4H,7-8H2. The number of Topliss-reactive ketones (excluding diaryl/α,β-unsaturated/α-hetero) is 1. The molecular weight excluding hydrogens is 1110 g/mol. The molecule has 0 aliphatic rings. The molecule has 0 aliphatic carbocycles. The number of pyridine rings is 2. The van der Waals surface area contributed by atoms with E-state index < -0.39 is 53.1 Å². The number of carbonyl (C=O) groups is 4. The summed E-state index contributed by atoms with van der Waals surface area (Å²) in [5, 5.41) is 16.7. The summed E-state index contributed by atoms with van der Waals surface area (Å²) in [6.45, 7) is 14.9. The number of nitrogens with one attached hydrogen (secondary N) is 2. The molecule has 440 valence electrons. The van der Waals surface area contributed by atoms with Crippen molar-refractivity contribution in [2.75, 3.05) is 40.9 Å². The van der Waals surface area contributed by atoms with Crippen LogP contribution in [-0.2, 0) is 51.4 Å². The first-order chi connectivity index (χ1) is 39.3. The molecule has 2 amide bonds. The Morgan fingerprint density at radius 3 is 1.42 bits per heavy atom. The Balaban J connectivity index is 0.000000237. The van der Waals surface area contributed by atoms with E-state index in [0.717, 1.165) is 10.6 Å². The molecule has 83 heavy (non-hydrogen) atoms. The molecule has 0 bridgehead atoms. The average Bonchev–Trinajstić information content (AvgIpc) is 4.26. The lowest BCUT2D eigenvalue weighted by Crippen LogP contribution is -2.44. The summed E-state index contributed by atoms with van der Waals surface area (Å²) in [7, 11) is 0. The number of anilines is 5. The summed E-state index contributed by atoms with van der Waals surface area (Å²) in [6, 6.07) is 19.3. The Morgan fingerprint density at radius 2 is 1.02 bits per heavy atom. The molecule has 0 spiro atoms. The molecule has 2 aromatic carbocycles. The SMILES string of the molecule is CC(CC(=O)Cc1ccccc1N)N(CCc1nc2c(NCc3ncccc3F)ncnc2s1)C(=O)OC(C)(C)C.CC(CC(=O)O)N(CCc1nc2c(NCc3ncccc3F)ncnc2s1)C(=O)OC(C)(C)C.Nc1ccccc1N. The molecular formula is C57H69F2N15O7S2. The molecule has 6 heterocycles. The maximum atomic E-state index is 14.0. The second-order valence-electron chi connectivity index (χ2n) is 20.9. The highest BCUT2D eigenvalue weighted by atomic mass is 32.1. The number of aliphatic carboxylic acids is 1. The Kier molecular flexibility index (Phi) is 22.4. The number of carboxylic acid groups (broad SMARTS) is 1. The van der Waals surface area contributed by atoms with Crippen LogP contribution in [0.5, 0.6) is 0 Å². The van der Waals surface area contributed by atoms with Crippen molar-refractivity contribution in [3.8, 4) is 0 Å². The molecule has 26 heteroatoms. The van der Waals surface area contributed by atoms with Crippen LogP contribution in [0.1, 0.15) is 95.2 Å². The minimum Gasteiger partial charge on any atom is -0.481 e. The van der Waals surface area contributed by atoms with Crippen LogP contribution in [0.4, 0.5) is 47.1 Å². The van der Waals surface area contributed by atoms with Gasteiger partial charge in [-0.3, -0.25) is 19.6 Å². The summed E-state index contributed by atoms with van der Waals surface area (Å²) in [6.07, 6.45) is 5.69. The number of hydrogen-bond donors (Lipinski definition) is 6. The Bertz CT molecular complexity index is 3460. The van der Waals surface area contributed by atoms with Crippen molar-refractivity contribution in [1.29, 1.82) is 0 Å². The zero-order valence-corrected chi connectivity index (χ0v) is 49.1. The summed E-state index contributed by atoms with van der Waals surface area (Å²) in [4.78, 5) is 88.7. The molecule has 22 nitrogen and oxygen atoms in total. The van der Waals surface area contributed by atoms with Gasteiger partial charge in [0.2, 0.25) is 0 Å². The van der Waals surface area contributed by atoms with E-state index in [-0.39, 0.29) is 62.6 Å². The highest BCUT2D eigenvalue weighted by molar-refractivity contribution is 7.18. The van der Waals surface area contributed by atoms with Crippen LogP contribution in [0.3, 0.4) is 0 Å². The van der Waals surface area contributed by atoms with Crippen LogP contribution in [0.2, 0.25) is 0 Å². The number of nitrogens with two attached hydrogens (primary N) is 3. The second kappa shape index (κ2) is 29.3. The zero-order chi connectivity index (χ0) is 60.4. The van der Waals surface area contributed by atoms with Crippen LogP contribution in [0.25, 0.3) is 20.7 Å². The molecule has 8 rings (SSSR count). The van der Waals surface area contributed by atoms with Crippen LogP contribution >= 0.6 is 22.7 Å². The van der Waals surface area contributed by atoms with Crippen molar-refractivity contribution in [3.05, 3.63) is 136 Å². The highest BCUT2D eigenvalue weighted by Gasteiger charge is 2.30. The van der Waals surface area contributed by atoms with Gasteiger partial charge in [-0.2, -0.15) is 0 Å². The molecule has 0 fully saturated rings. The van der Waals surface area contributed by atoms with E-state index in [2.05, 4.69) is 45.5 Å². The third-order valence-corrected chi connectivity index (χ3v) is 13.9. The van der Waals surface area contributed by atoms with E-state index in [1.165, 1.54) is 76.9 Å². The molecule has 0 radical (unpaired) electrons. The number of para-hydroxylation sites is 3. The first-order valence-electron chi connectivity index (χ1n) is 26.4.